The standard InChI is InChI=1S/C13H27NO2S/c1-3-5-6-9-17(15)11-13(14-4-2)12-7-8-16-10-12/h12-14H,3-11H2,1-2H3. The van der Waals surface area contributed by atoms with Crippen molar-refractivity contribution in [3.8, 4) is 0 Å². The average molecular weight is 261 g/mol. The fraction of sp³-hybridized carbons (Fsp3) is 1.00. The molecule has 1 heterocycles. The molecule has 0 amide bonds. The highest BCUT2D eigenvalue weighted by molar-refractivity contribution is 7.85. The molecule has 0 bridgehead atoms. The van der Waals surface area contributed by atoms with Gasteiger partial charge >= 0.3 is 0 Å². The van der Waals surface area contributed by atoms with Crippen LogP contribution in [0.1, 0.15) is 39.5 Å². The van der Waals surface area contributed by atoms with Crippen LogP contribution in [0.5, 0.6) is 0 Å². The van der Waals surface area contributed by atoms with Crippen molar-refractivity contribution in [2.24, 2.45) is 5.92 Å². The van der Waals surface area contributed by atoms with Gasteiger partial charge in [-0.25, -0.2) is 0 Å². The van der Waals surface area contributed by atoms with Crippen molar-refractivity contribution in [3.63, 3.8) is 0 Å². The lowest BCUT2D eigenvalue weighted by atomic mass is 10.0. The van der Waals surface area contributed by atoms with Crippen molar-refractivity contribution < 1.29 is 8.95 Å². The summed E-state index contributed by atoms with van der Waals surface area (Å²) in [5.74, 6) is 2.22. The summed E-state index contributed by atoms with van der Waals surface area (Å²) in [6.07, 6.45) is 4.61. The Kier molecular flexibility index (Phi) is 8.06. The molecule has 3 atom stereocenters. The van der Waals surface area contributed by atoms with Gasteiger partial charge < -0.3 is 10.1 Å². The van der Waals surface area contributed by atoms with Crippen LogP contribution in [0, 0.1) is 5.92 Å². The van der Waals surface area contributed by atoms with Crippen molar-refractivity contribution in [1.82, 2.24) is 5.32 Å². The molecule has 0 aromatic heterocycles. The molecule has 1 rings (SSSR count). The van der Waals surface area contributed by atoms with Crippen LogP contribution in [0.2, 0.25) is 0 Å². The highest BCUT2D eigenvalue weighted by Crippen LogP contribution is 2.17. The van der Waals surface area contributed by atoms with Gasteiger partial charge in [0, 0.05) is 40.9 Å². The molecule has 3 unspecified atom stereocenters. The quantitative estimate of drug-likeness (QED) is 0.645. The Labute approximate surface area is 108 Å². The van der Waals surface area contributed by atoms with Gasteiger partial charge in [0.25, 0.3) is 0 Å². The number of ether oxygens (including phenoxy) is 1. The van der Waals surface area contributed by atoms with Gasteiger partial charge in [0.15, 0.2) is 0 Å². The molecule has 0 spiro atoms. The van der Waals surface area contributed by atoms with Gasteiger partial charge in [0.05, 0.1) is 6.61 Å². The number of hydrogen-bond acceptors (Lipinski definition) is 3. The lowest BCUT2D eigenvalue weighted by molar-refractivity contribution is 0.179. The second kappa shape index (κ2) is 9.06. The number of unbranched alkanes of at least 4 members (excludes halogenated alkanes) is 2. The summed E-state index contributed by atoms with van der Waals surface area (Å²) in [6, 6.07) is 0.380. The predicted molar refractivity (Wildman–Crippen MR) is 73.8 cm³/mol. The zero-order valence-electron chi connectivity index (χ0n) is 11.2. The van der Waals surface area contributed by atoms with E-state index in [2.05, 4.69) is 19.2 Å². The van der Waals surface area contributed by atoms with Gasteiger partial charge in [0.2, 0.25) is 0 Å². The van der Waals surface area contributed by atoms with E-state index in [1.54, 1.807) is 0 Å². The first-order valence-electron chi connectivity index (χ1n) is 6.94. The third-order valence-electron chi connectivity index (χ3n) is 3.34. The average Bonchev–Trinajstić information content (AvgIpc) is 2.82. The highest BCUT2D eigenvalue weighted by Gasteiger charge is 2.26. The molecule has 17 heavy (non-hydrogen) atoms. The van der Waals surface area contributed by atoms with E-state index in [0.29, 0.717) is 12.0 Å². The molecule has 3 nitrogen and oxygen atoms in total. The molecule has 0 saturated carbocycles. The van der Waals surface area contributed by atoms with Crippen LogP contribution in [-0.2, 0) is 15.5 Å². The lowest BCUT2D eigenvalue weighted by Gasteiger charge is -2.22. The van der Waals surface area contributed by atoms with E-state index in [9.17, 15) is 4.21 Å². The molecule has 1 aliphatic heterocycles. The Hall–Kier alpha value is 0.0700. The van der Waals surface area contributed by atoms with Gasteiger partial charge in [0.1, 0.15) is 0 Å². The minimum atomic E-state index is -0.667. The van der Waals surface area contributed by atoms with E-state index in [0.717, 1.165) is 44.1 Å². The predicted octanol–water partition coefficient (Wildman–Crippen LogP) is 1.94. The summed E-state index contributed by atoms with van der Waals surface area (Å²) >= 11 is 0. The second-order valence-electron chi connectivity index (χ2n) is 4.81. The van der Waals surface area contributed by atoms with Crippen LogP contribution in [-0.4, -0.2) is 41.5 Å². The van der Waals surface area contributed by atoms with Crippen molar-refractivity contribution in [3.05, 3.63) is 0 Å². The van der Waals surface area contributed by atoms with Gasteiger partial charge in [-0.05, 0) is 19.4 Å². The summed E-state index contributed by atoms with van der Waals surface area (Å²) < 4.78 is 17.4. The zero-order chi connectivity index (χ0) is 12.5. The minimum absolute atomic E-state index is 0.380. The Morgan fingerprint density at radius 2 is 2.24 bits per heavy atom. The summed E-state index contributed by atoms with van der Waals surface area (Å²) in [4.78, 5) is 0. The molecule has 4 heteroatoms. The maximum absolute atomic E-state index is 12.0. The summed E-state index contributed by atoms with van der Waals surface area (Å²) in [5.41, 5.74) is 0. The van der Waals surface area contributed by atoms with Gasteiger partial charge in [-0.2, -0.15) is 0 Å². The Morgan fingerprint density at radius 3 is 2.82 bits per heavy atom. The summed E-state index contributed by atoms with van der Waals surface area (Å²) in [7, 11) is -0.667. The van der Waals surface area contributed by atoms with E-state index in [1.165, 1.54) is 12.8 Å². The lowest BCUT2D eigenvalue weighted by Crippen LogP contribution is -2.41. The maximum atomic E-state index is 12.0. The van der Waals surface area contributed by atoms with E-state index < -0.39 is 10.8 Å². The minimum Gasteiger partial charge on any atom is -0.381 e. The molecular weight excluding hydrogens is 234 g/mol. The van der Waals surface area contributed by atoms with Crippen LogP contribution in [0.3, 0.4) is 0 Å². The molecule has 1 saturated heterocycles. The molecular formula is C13H27NO2S. The molecule has 0 radical (unpaired) electrons. The van der Waals surface area contributed by atoms with Gasteiger partial charge in [-0.1, -0.05) is 26.7 Å². The molecule has 1 aliphatic rings. The van der Waals surface area contributed by atoms with E-state index >= 15 is 0 Å². The second-order valence-corrected chi connectivity index (χ2v) is 6.43. The first kappa shape index (κ1) is 15.1. The number of rotatable bonds is 9. The van der Waals surface area contributed by atoms with Crippen LogP contribution in [0.15, 0.2) is 0 Å². The fourth-order valence-corrected chi connectivity index (χ4v) is 3.77. The van der Waals surface area contributed by atoms with Gasteiger partial charge in [-0.15, -0.1) is 0 Å². The topological polar surface area (TPSA) is 38.3 Å². The first-order chi connectivity index (χ1) is 8.27. The molecule has 0 aromatic rings. The maximum Gasteiger partial charge on any atom is 0.0510 e. The molecule has 0 aliphatic carbocycles. The monoisotopic (exact) mass is 261 g/mol. The Bertz CT molecular complexity index is 217. The zero-order valence-corrected chi connectivity index (χ0v) is 12.1. The van der Waals surface area contributed by atoms with E-state index in [4.69, 9.17) is 4.74 Å². The van der Waals surface area contributed by atoms with Gasteiger partial charge in [-0.3, -0.25) is 4.21 Å². The van der Waals surface area contributed by atoms with Crippen LogP contribution >= 0.6 is 0 Å². The molecule has 1 fully saturated rings. The fourth-order valence-electron chi connectivity index (χ4n) is 2.29. The van der Waals surface area contributed by atoms with Crippen molar-refractivity contribution in [2.75, 3.05) is 31.3 Å². The SMILES string of the molecule is CCCCCS(=O)CC(NCC)C1CCOC1. The molecule has 1 N–H and O–H groups in total. The smallest absolute Gasteiger partial charge is 0.0510 e. The van der Waals surface area contributed by atoms with Crippen LogP contribution in [0.4, 0.5) is 0 Å². The number of nitrogens with one attached hydrogen (secondary N) is 1. The summed E-state index contributed by atoms with van der Waals surface area (Å²) in [6.45, 7) is 6.95. The third kappa shape index (κ3) is 5.98. The van der Waals surface area contributed by atoms with E-state index in [-0.39, 0.29) is 0 Å². The Balaban J connectivity index is 2.29. The Morgan fingerprint density at radius 1 is 1.41 bits per heavy atom. The van der Waals surface area contributed by atoms with Crippen molar-refractivity contribution >= 4 is 10.8 Å². The third-order valence-corrected chi connectivity index (χ3v) is 4.82. The van der Waals surface area contributed by atoms with Crippen molar-refractivity contribution in [1.29, 1.82) is 0 Å². The van der Waals surface area contributed by atoms with Crippen molar-refractivity contribution in [2.45, 2.75) is 45.6 Å². The normalized spacial score (nSPS) is 23.8. The largest absolute Gasteiger partial charge is 0.381 e. The van der Waals surface area contributed by atoms with Crippen LogP contribution in [0.25, 0.3) is 0 Å². The molecule has 0 aromatic carbocycles. The summed E-state index contributed by atoms with van der Waals surface area (Å²) in [5, 5.41) is 3.47. The van der Waals surface area contributed by atoms with E-state index in [1.807, 2.05) is 0 Å². The molecule has 102 valence electrons. The highest BCUT2D eigenvalue weighted by atomic mass is 32.2. The number of hydrogen-bond donors (Lipinski definition) is 1. The van der Waals surface area contributed by atoms with Crippen LogP contribution < -0.4 is 5.32 Å². The first-order valence-corrected chi connectivity index (χ1v) is 8.42.